The summed E-state index contributed by atoms with van der Waals surface area (Å²) in [6.07, 6.45) is 2.82. The van der Waals surface area contributed by atoms with E-state index in [1.54, 1.807) is 13.1 Å². The molecule has 1 aromatic carbocycles. The molecule has 0 bridgehead atoms. The van der Waals surface area contributed by atoms with Crippen LogP contribution in [-0.4, -0.2) is 34.5 Å². The molecule has 2 aromatic rings. The van der Waals surface area contributed by atoms with Gasteiger partial charge in [-0.3, -0.25) is 9.78 Å². The molecular formula is C17H22N4O3. The second-order valence-electron chi connectivity index (χ2n) is 5.21. The number of aliphatic hydroxyl groups is 1. The van der Waals surface area contributed by atoms with Crippen LogP contribution in [0, 0.1) is 6.92 Å². The third-order valence-corrected chi connectivity index (χ3v) is 3.34. The van der Waals surface area contributed by atoms with Crippen LogP contribution in [0.5, 0.6) is 5.75 Å². The Morgan fingerprint density at radius 2 is 2.21 bits per heavy atom. The van der Waals surface area contributed by atoms with Gasteiger partial charge in [0.25, 0.3) is 5.56 Å². The Hall–Kier alpha value is -2.67. The molecule has 0 unspecified atom stereocenters. The molecule has 0 aliphatic heterocycles. The maximum atomic E-state index is 11.9. The number of hydrazone groups is 1. The first-order chi connectivity index (χ1) is 11.7. The number of nitrogens with one attached hydrogen (secondary N) is 2. The third kappa shape index (κ3) is 4.66. The van der Waals surface area contributed by atoms with Gasteiger partial charge >= 0.3 is 0 Å². The maximum Gasteiger partial charge on any atom is 0.255 e. The lowest BCUT2D eigenvalue weighted by Gasteiger charge is -2.07. The van der Waals surface area contributed by atoms with E-state index in [1.807, 2.05) is 31.2 Å². The van der Waals surface area contributed by atoms with Crippen molar-refractivity contribution in [2.24, 2.45) is 5.10 Å². The fourth-order valence-electron chi connectivity index (χ4n) is 2.16. The first kappa shape index (κ1) is 17.7. The van der Waals surface area contributed by atoms with Gasteiger partial charge in [-0.2, -0.15) is 5.10 Å². The summed E-state index contributed by atoms with van der Waals surface area (Å²) in [6, 6.07) is 7.57. The number of para-hydroxylation sites is 1. The van der Waals surface area contributed by atoms with Gasteiger partial charge in [0.2, 0.25) is 5.95 Å². The van der Waals surface area contributed by atoms with Crippen molar-refractivity contribution in [1.29, 1.82) is 0 Å². The molecule has 128 valence electrons. The summed E-state index contributed by atoms with van der Waals surface area (Å²) < 4.78 is 5.65. The summed E-state index contributed by atoms with van der Waals surface area (Å²) in [5, 5.41) is 13.1. The molecule has 0 saturated carbocycles. The average Bonchev–Trinajstić information content (AvgIpc) is 2.57. The summed E-state index contributed by atoms with van der Waals surface area (Å²) in [7, 11) is 0. The molecule has 0 spiro atoms. The monoisotopic (exact) mass is 330 g/mol. The highest BCUT2D eigenvalue weighted by Gasteiger charge is 2.07. The summed E-state index contributed by atoms with van der Waals surface area (Å²) in [5.41, 5.74) is 4.31. The number of aromatic nitrogens is 2. The van der Waals surface area contributed by atoms with Crippen molar-refractivity contribution in [3.63, 3.8) is 0 Å². The highest BCUT2D eigenvalue weighted by Crippen LogP contribution is 2.16. The molecule has 0 aliphatic carbocycles. The van der Waals surface area contributed by atoms with Gasteiger partial charge in [0, 0.05) is 24.2 Å². The number of aliphatic hydroxyl groups excluding tert-OH is 1. The Morgan fingerprint density at radius 1 is 1.42 bits per heavy atom. The van der Waals surface area contributed by atoms with Gasteiger partial charge in [-0.05, 0) is 25.5 Å². The van der Waals surface area contributed by atoms with Crippen molar-refractivity contribution in [3.8, 4) is 5.75 Å². The summed E-state index contributed by atoms with van der Waals surface area (Å²) in [5.74, 6) is 1.00. The summed E-state index contributed by atoms with van der Waals surface area (Å²) >= 11 is 0. The SMILES string of the molecule is CCCOc1ccccc1/C=N\Nc1nc(C)c(CCO)c(=O)[nH]1. The topological polar surface area (TPSA) is 99.6 Å². The van der Waals surface area contributed by atoms with Crippen LogP contribution in [-0.2, 0) is 6.42 Å². The lowest BCUT2D eigenvalue weighted by molar-refractivity contribution is 0.298. The van der Waals surface area contributed by atoms with E-state index in [1.165, 1.54) is 0 Å². The van der Waals surface area contributed by atoms with E-state index >= 15 is 0 Å². The Kier molecular flexibility index (Phi) is 6.51. The predicted molar refractivity (Wildman–Crippen MR) is 93.8 cm³/mol. The molecule has 1 heterocycles. The molecular weight excluding hydrogens is 308 g/mol. The van der Waals surface area contributed by atoms with E-state index in [4.69, 9.17) is 9.84 Å². The highest BCUT2D eigenvalue weighted by molar-refractivity contribution is 5.83. The standard InChI is InChI=1S/C17H22N4O3/c1-3-10-24-15-7-5-4-6-13(15)11-18-21-17-19-12(2)14(8-9-22)16(23)20-17/h4-7,11,22H,3,8-10H2,1-2H3,(H2,19,20,21,23)/b18-11-. The van der Waals surface area contributed by atoms with Gasteiger partial charge in [0.05, 0.1) is 18.5 Å². The number of aromatic amines is 1. The molecule has 3 N–H and O–H groups in total. The van der Waals surface area contributed by atoms with E-state index < -0.39 is 0 Å². The molecule has 0 saturated heterocycles. The first-order valence-corrected chi connectivity index (χ1v) is 7.87. The average molecular weight is 330 g/mol. The van der Waals surface area contributed by atoms with Crippen LogP contribution in [0.25, 0.3) is 0 Å². The predicted octanol–water partition coefficient (Wildman–Crippen LogP) is 1.85. The summed E-state index contributed by atoms with van der Waals surface area (Å²) in [6.45, 7) is 4.32. The number of nitrogens with zero attached hydrogens (tertiary/aromatic N) is 2. The molecule has 2 rings (SSSR count). The van der Waals surface area contributed by atoms with Crippen molar-refractivity contribution in [3.05, 3.63) is 51.4 Å². The number of rotatable bonds is 8. The van der Waals surface area contributed by atoms with Crippen molar-refractivity contribution in [1.82, 2.24) is 9.97 Å². The number of aryl methyl sites for hydroxylation is 1. The van der Waals surface area contributed by atoms with Crippen LogP contribution < -0.4 is 15.7 Å². The van der Waals surface area contributed by atoms with Gasteiger partial charge in [-0.25, -0.2) is 10.4 Å². The highest BCUT2D eigenvalue weighted by atomic mass is 16.5. The molecule has 0 aliphatic rings. The van der Waals surface area contributed by atoms with Crippen LogP contribution in [0.2, 0.25) is 0 Å². The normalized spacial score (nSPS) is 11.0. The molecule has 0 atom stereocenters. The quantitative estimate of drug-likeness (QED) is 0.507. The smallest absolute Gasteiger partial charge is 0.255 e. The molecule has 0 radical (unpaired) electrons. The van der Waals surface area contributed by atoms with E-state index in [-0.39, 0.29) is 24.5 Å². The Bertz CT molecular complexity index is 756. The number of anilines is 1. The number of H-pyrrole nitrogens is 1. The summed E-state index contributed by atoms with van der Waals surface area (Å²) in [4.78, 5) is 18.8. The van der Waals surface area contributed by atoms with Crippen LogP contribution in [0.3, 0.4) is 0 Å². The lowest BCUT2D eigenvalue weighted by Crippen LogP contribution is -2.19. The molecule has 7 nitrogen and oxygen atoms in total. The number of benzene rings is 1. The second-order valence-corrected chi connectivity index (χ2v) is 5.21. The van der Waals surface area contributed by atoms with Crippen molar-refractivity contribution >= 4 is 12.2 Å². The van der Waals surface area contributed by atoms with Crippen LogP contribution in [0.1, 0.15) is 30.2 Å². The fraction of sp³-hybridized carbons (Fsp3) is 0.353. The lowest BCUT2D eigenvalue weighted by atomic mass is 10.2. The van der Waals surface area contributed by atoms with Crippen LogP contribution in [0.15, 0.2) is 34.2 Å². The number of hydrogen-bond donors (Lipinski definition) is 3. The maximum absolute atomic E-state index is 11.9. The van der Waals surface area contributed by atoms with Crippen molar-refractivity contribution in [2.45, 2.75) is 26.7 Å². The van der Waals surface area contributed by atoms with E-state index in [9.17, 15) is 4.79 Å². The minimum absolute atomic E-state index is 0.0922. The zero-order chi connectivity index (χ0) is 17.4. The van der Waals surface area contributed by atoms with Crippen molar-refractivity contribution < 1.29 is 9.84 Å². The largest absolute Gasteiger partial charge is 0.493 e. The van der Waals surface area contributed by atoms with Gasteiger partial charge in [0.15, 0.2) is 0 Å². The number of hydrogen-bond acceptors (Lipinski definition) is 6. The van der Waals surface area contributed by atoms with Gasteiger partial charge in [-0.1, -0.05) is 19.1 Å². The van der Waals surface area contributed by atoms with E-state index in [2.05, 4.69) is 20.5 Å². The fourth-order valence-corrected chi connectivity index (χ4v) is 2.16. The second kappa shape index (κ2) is 8.83. The Morgan fingerprint density at radius 3 is 2.92 bits per heavy atom. The minimum Gasteiger partial charge on any atom is -0.493 e. The first-order valence-electron chi connectivity index (χ1n) is 7.87. The molecule has 1 aromatic heterocycles. The minimum atomic E-state index is -0.277. The molecule has 0 amide bonds. The van der Waals surface area contributed by atoms with Gasteiger partial charge in [0.1, 0.15) is 5.75 Å². The van der Waals surface area contributed by atoms with Crippen LogP contribution in [0.4, 0.5) is 5.95 Å². The Balaban J connectivity index is 2.11. The third-order valence-electron chi connectivity index (χ3n) is 3.34. The zero-order valence-corrected chi connectivity index (χ0v) is 13.9. The zero-order valence-electron chi connectivity index (χ0n) is 13.9. The van der Waals surface area contributed by atoms with Crippen molar-refractivity contribution in [2.75, 3.05) is 18.6 Å². The van der Waals surface area contributed by atoms with Gasteiger partial charge in [-0.15, -0.1) is 0 Å². The number of ether oxygens (including phenoxy) is 1. The Labute approximate surface area is 140 Å². The van der Waals surface area contributed by atoms with Gasteiger partial charge < -0.3 is 9.84 Å². The van der Waals surface area contributed by atoms with E-state index in [0.717, 1.165) is 17.7 Å². The molecule has 24 heavy (non-hydrogen) atoms. The van der Waals surface area contributed by atoms with E-state index in [0.29, 0.717) is 17.9 Å². The molecule has 0 fully saturated rings. The molecule has 7 heteroatoms. The van der Waals surface area contributed by atoms with Crippen LogP contribution >= 0.6 is 0 Å².